The van der Waals surface area contributed by atoms with Gasteiger partial charge < -0.3 is 10.2 Å². The molecule has 94 valence electrons. The third-order valence-electron chi connectivity index (χ3n) is 3.28. The minimum Gasteiger partial charge on any atom is -0.504 e. The second-order valence-corrected chi connectivity index (χ2v) is 4.33. The molecular weight excluding hydrogens is 224 g/mol. The molecule has 0 aromatic heterocycles. The summed E-state index contributed by atoms with van der Waals surface area (Å²) in [6.45, 7) is 4.12. The zero-order valence-corrected chi connectivity index (χ0v) is 10.8. The van der Waals surface area contributed by atoms with Crippen molar-refractivity contribution in [3.63, 3.8) is 0 Å². The number of aromatic hydroxyl groups is 2. The maximum Gasteiger partial charge on any atom is 0.165 e. The molecule has 0 spiro atoms. The van der Waals surface area contributed by atoms with E-state index < -0.39 is 0 Å². The molecule has 0 heterocycles. The number of phenolic OH excluding ortho intramolecular Hbond substituents is 2. The Labute approximate surface area is 108 Å². The first kappa shape index (κ1) is 12.5. The molecule has 0 fully saturated rings. The summed E-state index contributed by atoms with van der Waals surface area (Å²) in [6.07, 6.45) is 1.68. The first-order valence-electron chi connectivity index (χ1n) is 6.31. The van der Waals surface area contributed by atoms with Crippen LogP contribution >= 0.6 is 0 Å². The molecule has 2 aromatic carbocycles. The molecule has 2 heteroatoms. The van der Waals surface area contributed by atoms with Gasteiger partial charge in [-0.05, 0) is 35.6 Å². The van der Waals surface area contributed by atoms with Gasteiger partial charge in [0.2, 0.25) is 0 Å². The van der Waals surface area contributed by atoms with Crippen LogP contribution in [0.1, 0.15) is 25.0 Å². The highest BCUT2D eigenvalue weighted by atomic mass is 16.3. The molecule has 18 heavy (non-hydrogen) atoms. The minimum atomic E-state index is -0.0390. The van der Waals surface area contributed by atoms with Crippen LogP contribution in [0.4, 0.5) is 0 Å². The fourth-order valence-electron chi connectivity index (χ4n) is 2.39. The summed E-state index contributed by atoms with van der Waals surface area (Å²) >= 11 is 0. The summed E-state index contributed by atoms with van der Waals surface area (Å²) < 4.78 is 0. The van der Waals surface area contributed by atoms with E-state index in [-0.39, 0.29) is 11.5 Å². The Morgan fingerprint density at radius 3 is 2.17 bits per heavy atom. The predicted octanol–water partition coefficient (Wildman–Crippen LogP) is 3.89. The van der Waals surface area contributed by atoms with Crippen LogP contribution in [0.5, 0.6) is 11.5 Å². The van der Waals surface area contributed by atoms with Gasteiger partial charge >= 0.3 is 0 Å². The summed E-state index contributed by atoms with van der Waals surface area (Å²) in [5.74, 6) is -0.0573. The van der Waals surface area contributed by atoms with Crippen molar-refractivity contribution < 1.29 is 10.2 Å². The van der Waals surface area contributed by atoms with E-state index in [0.717, 1.165) is 35.1 Å². The second-order valence-electron chi connectivity index (χ2n) is 4.33. The zero-order chi connectivity index (χ0) is 13.1. The first-order valence-corrected chi connectivity index (χ1v) is 6.31. The Kier molecular flexibility index (Phi) is 3.56. The molecule has 0 radical (unpaired) electrons. The van der Waals surface area contributed by atoms with Crippen LogP contribution in [0.2, 0.25) is 0 Å². The van der Waals surface area contributed by atoms with Gasteiger partial charge in [0.05, 0.1) is 0 Å². The molecule has 0 saturated carbocycles. The molecule has 0 unspecified atom stereocenters. The van der Waals surface area contributed by atoms with E-state index in [4.69, 9.17) is 0 Å². The Bertz CT molecular complexity index is 545. The highest BCUT2D eigenvalue weighted by Gasteiger charge is 2.16. The number of phenols is 2. The molecule has 2 aromatic rings. The summed E-state index contributed by atoms with van der Waals surface area (Å²) in [6, 6.07) is 11.4. The van der Waals surface area contributed by atoms with E-state index in [1.165, 1.54) is 0 Å². The number of hydrogen-bond acceptors (Lipinski definition) is 2. The molecule has 0 atom stereocenters. The molecule has 0 aliphatic rings. The number of aryl methyl sites for hydroxylation is 1. The second kappa shape index (κ2) is 5.13. The summed E-state index contributed by atoms with van der Waals surface area (Å²) in [5, 5.41) is 20.0. The Hall–Kier alpha value is -1.96. The smallest absolute Gasteiger partial charge is 0.165 e. The van der Waals surface area contributed by atoms with Crippen molar-refractivity contribution in [3.8, 4) is 22.6 Å². The monoisotopic (exact) mass is 242 g/mol. The molecule has 2 N–H and O–H groups in total. The fourth-order valence-corrected chi connectivity index (χ4v) is 2.39. The van der Waals surface area contributed by atoms with Gasteiger partial charge in [-0.1, -0.05) is 44.2 Å². The van der Waals surface area contributed by atoms with Gasteiger partial charge in [-0.15, -0.1) is 0 Å². The number of hydrogen-bond donors (Lipinski definition) is 2. The van der Waals surface area contributed by atoms with E-state index >= 15 is 0 Å². The maximum absolute atomic E-state index is 10.1. The minimum absolute atomic E-state index is 0.0183. The van der Waals surface area contributed by atoms with E-state index in [9.17, 15) is 10.2 Å². The highest BCUT2D eigenvalue weighted by Crippen LogP contribution is 2.41. The van der Waals surface area contributed by atoms with E-state index in [2.05, 4.69) is 13.8 Å². The van der Waals surface area contributed by atoms with Crippen LogP contribution in [0.15, 0.2) is 36.4 Å². The average Bonchev–Trinajstić information content (AvgIpc) is 2.42. The SMILES string of the molecule is CCc1cc(O)c(O)c(-c2ccccc2)c1CC. The Morgan fingerprint density at radius 2 is 1.61 bits per heavy atom. The van der Waals surface area contributed by atoms with Crippen LogP contribution in [-0.2, 0) is 12.8 Å². The third kappa shape index (κ3) is 2.06. The topological polar surface area (TPSA) is 40.5 Å². The van der Waals surface area contributed by atoms with Crippen LogP contribution in [0.25, 0.3) is 11.1 Å². The highest BCUT2D eigenvalue weighted by molar-refractivity contribution is 5.78. The molecular formula is C16H18O2. The quantitative estimate of drug-likeness (QED) is 0.802. The van der Waals surface area contributed by atoms with E-state index in [1.54, 1.807) is 6.07 Å². The third-order valence-corrected chi connectivity index (χ3v) is 3.28. The maximum atomic E-state index is 10.1. The van der Waals surface area contributed by atoms with Crippen LogP contribution in [0, 0.1) is 0 Å². The molecule has 0 aliphatic heterocycles. The van der Waals surface area contributed by atoms with Gasteiger partial charge in [-0.2, -0.15) is 0 Å². The van der Waals surface area contributed by atoms with Crippen molar-refractivity contribution in [2.75, 3.05) is 0 Å². The van der Waals surface area contributed by atoms with Crippen molar-refractivity contribution in [1.82, 2.24) is 0 Å². The van der Waals surface area contributed by atoms with Crippen LogP contribution in [-0.4, -0.2) is 10.2 Å². The molecule has 0 bridgehead atoms. The van der Waals surface area contributed by atoms with E-state index in [1.807, 2.05) is 30.3 Å². The first-order chi connectivity index (χ1) is 8.69. The molecule has 2 nitrogen and oxygen atoms in total. The van der Waals surface area contributed by atoms with Gasteiger partial charge in [0.1, 0.15) is 0 Å². The van der Waals surface area contributed by atoms with Crippen molar-refractivity contribution >= 4 is 0 Å². The lowest BCUT2D eigenvalue weighted by Gasteiger charge is -2.16. The predicted molar refractivity (Wildman–Crippen MR) is 74.0 cm³/mol. The van der Waals surface area contributed by atoms with Crippen LogP contribution in [0.3, 0.4) is 0 Å². The van der Waals surface area contributed by atoms with Gasteiger partial charge in [-0.3, -0.25) is 0 Å². The van der Waals surface area contributed by atoms with Crippen molar-refractivity contribution in [1.29, 1.82) is 0 Å². The Balaban J connectivity index is 2.75. The standard InChI is InChI=1S/C16H18O2/c1-3-11-10-14(17)16(18)15(13(11)4-2)12-8-6-5-7-9-12/h5-10,17-18H,3-4H2,1-2H3. The Morgan fingerprint density at radius 1 is 0.944 bits per heavy atom. The fraction of sp³-hybridized carbons (Fsp3) is 0.250. The number of benzene rings is 2. The summed E-state index contributed by atoms with van der Waals surface area (Å²) in [7, 11) is 0. The van der Waals surface area contributed by atoms with Crippen molar-refractivity contribution in [3.05, 3.63) is 47.5 Å². The summed E-state index contributed by atoms with van der Waals surface area (Å²) in [5.41, 5.74) is 3.90. The zero-order valence-electron chi connectivity index (χ0n) is 10.8. The van der Waals surface area contributed by atoms with Gasteiger partial charge in [0.25, 0.3) is 0 Å². The average molecular weight is 242 g/mol. The van der Waals surface area contributed by atoms with Gasteiger partial charge in [0, 0.05) is 5.56 Å². The van der Waals surface area contributed by atoms with E-state index in [0.29, 0.717) is 0 Å². The van der Waals surface area contributed by atoms with Crippen LogP contribution < -0.4 is 0 Å². The van der Waals surface area contributed by atoms with Gasteiger partial charge in [0.15, 0.2) is 11.5 Å². The lowest BCUT2D eigenvalue weighted by Crippen LogP contribution is -1.96. The lowest BCUT2D eigenvalue weighted by atomic mass is 9.91. The van der Waals surface area contributed by atoms with Crippen molar-refractivity contribution in [2.24, 2.45) is 0 Å². The number of rotatable bonds is 3. The largest absolute Gasteiger partial charge is 0.504 e. The molecule has 0 amide bonds. The van der Waals surface area contributed by atoms with Gasteiger partial charge in [-0.25, -0.2) is 0 Å². The summed E-state index contributed by atoms with van der Waals surface area (Å²) in [4.78, 5) is 0. The lowest BCUT2D eigenvalue weighted by molar-refractivity contribution is 0.404. The molecule has 0 saturated heterocycles. The van der Waals surface area contributed by atoms with Crippen molar-refractivity contribution in [2.45, 2.75) is 26.7 Å². The molecule has 0 aliphatic carbocycles. The normalized spacial score (nSPS) is 10.6. The molecule has 2 rings (SSSR count).